The molecule has 1 aromatic rings. The lowest BCUT2D eigenvalue weighted by atomic mass is 10.3. The molecular formula is C13H21O3Si. The van der Waals surface area contributed by atoms with Gasteiger partial charge in [-0.1, -0.05) is 31.5 Å². The summed E-state index contributed by atoms with van der Waals surface area (Å²) in [5.74, 6) is 0.363. The van der Waals surface area contributed by atoms with Gasteiger partial charge in [-0.05, 0) is 18.5 Å². The molecule has 1 radical (unpaired) electrons. The molecule has 0 fully saturated rings. The molecule has 0 heterocycles. The molecule has 1 rings (SSSR count). The molecule has 0 unspecified atom stereocenters. The van der Waals surface area contributed by atoms with Gasteiger partial charge in [-0.15, -0.1) is 0 Å². The Kier molecular flexibility index (Phi) is 6.92. The summed E-state index contributed by atoms with van der Waals surface area (Å²) < 4.78 is 10.9. The summed E-state index contributed by atoms with van der Waals surface area (Å²) in [7, 11) is 0.606. The average molecular weight is 253 g/mol. The number of para-hydroxylation sites is 1. The van der Waals surface area contributed by atoms with Crippen LogP contribution in [0.2, 0.25) is 6.04 Å². The molecule has 17 heavy (non-hydrogen) atoms. The minimum atomic E-state index is -1.09. The molecule has 0 aromatic heterocycles. The zero-order valence-corrected chi connectivity index (χ0v) is 11.6. The highest BCUT2D eigenvalue weighted by molar-refractivity contribution is 6.68. The lowest BCUT2D eigenvalue weighted by Crippen LogP contribution is -2.34. The van der Waals surface area contributed by atoms with Crippen molar-refractivity contribution in [3.05, 3.63) is 24.3 Å². The summed E-state index contributed by atoms with van der Waals surface area (Å²) in [6.45, 7) is 3.57. The number of aromatic hydroxyl groups is 1. The van der Waals surface area contributed by atoms with Gasteiger partial charge in [-0.3, -0.25) is 0 Å². The first-order valence-electron chi connectivity index (χ1n) is 6.05. The third-order valence-electron chi connectivity index (χ3n) is 2.45. The smallest absolute Gasteiger partial charge is 0.250 e. The van der Waals surface area contributed by atoms with E-state index in [0.29, 0.717) is 12.4 Å². The van der Waals surface area contributed by atoms with Crippen molar-refractivity contribution in [1.29, 1.82) is 0 Å². The van der Waals surface area contributed by atoms with E-state index in [4.69, 9.17) is 9.16 Å². The molecular weight excluding hydrogens is 232 g/mol. The van der Waals surface area contributed by atoms with Crippen LogP contribution in [-0.2, 0) is 9.16 Å². The molecule has 95 valence electrons. The summed E-state index contributed by atoms with van der Waals surface area (Å²) >= 11 is 0. The molecule has 0 saturated carbocycles. The highest BCUT2D eigenvalue weighted by Gasteiger charge is 2.18. The first-order chi connectivity index (χ1) is 8.29. The predicted molar refractivity (Wildman–Crippen MR) is 71.0 cm³/mol. The quantitative estimate of drug-likeness (QED) is 0.569. The van der Waals surface area contributed by atoms with E-state index >= 15 is 0 Å². The van der Waals surface area contributed by atoms with E-state index in [0.717, 1.165) is 30.7 Å². The Hall–Kier alpha value is -0.843. The van der Waals surface area contributed by atoms with Gasteiger partial charge in [0.15, 0.2) is 0 Å². The Bertz CT molecular complexity index is 317. The molecule has 0 aliphatic rings. The van der Waals surface area contributed by atoms with Crippen molar-refractivity contribution in [3.63, 3.8) is 0 Å². The fourth-order valence-corrected chi connectivity index (χ4v) is 3.68. The number of benzene rings is 1. The van der Waals surface area contributed by atoms with Crippen LogP contribution in [0.5, 0.6) is 5.75 Å². The topological polar surface area (TPSA) is 38.7 Å². The third kappa shape index (κ3) is 4.89. The van der Waals surface area contributed by atoms with Crippen molar-refractivity contribution in [3.8, 4) is 5.75 Å². The zero-order chi connectivity index (χ0) is 12.5. The Labute approximate surface area is 105 Å². The number of phenols is 1. The van der Waals surface area contributed by atoms with Gasteiger partial charge in [0.05, 0.1) is 0 Å². The van der Waals surface area contributed by atoms with Gasteiger partial charge in [0, 0.05) is 25.5 Å². The molecule has 0 bridgehead atoms. The summed E-state index contributed by atoms with van der Waals surface area (Å²) in [6, 6.07) is 8.52. The van der Waals surface area contributed by atoms with Crippen LogP contribution < -0.4 is 5.19 Å². The fourth-order valence-electron chi connectivity index (χ4n) is 1.62. The number of rotatable bonds is 8. The monoisotopic (exact) mass is 253 g/mol. The lowest BCUT2D eigenvalue weighted by molar-refractivity contribution is 0.172. The van der Waals surface area contributed by atoms with Crippen molar-refractivity contribution in [2.45, 2.75) is 25.8 Å². The standard InChI is InChI=1S/C13H21O3Si/c1-3-11-17(16-10-6-9-15-2)13-8-5-4-7-12(13)14/h4-5,7-8,14H,3,6,9-11H2,1-2H3. The van der Waals surface area contributed by atoms with Crippen molar-refractivity contribution in [2.24, 2.45) is 0 Å². The van der Waals surface area contributed by atoms with Crippen LogP contribution in [0.1, 0.15) is 19.8 Å². The second-order valence-corrected chi connectivity index (χ2v) is 6.06. The molecule has 0 aliphatic carbocycles. The number of phenolic OH excluding ortho intramolecular Hbond substituents is 1. The minimum absolute atomic E-state index is 0.363. The van der Waals surface area contributed by atoms with Crippen molar-refractivity contribution in [1.82, 2.24) is 0 Å². The van der Waals surface area contributed by atoms with Gasteiger partial charge in [0.25, 0.3) is 0 Å². The Morgan fingerprint density at radius 1 is 1.24 bits per heavy atom. The van der Waals surface area contributed by atoms with Gasteiger partial charge < -0.3 is 14.3 Å². The maximum absolute atomic E-state index is 9.83. The van der Waals surface area contributed by atoms with Crippen LogP contribution >= 0.6 is 0 Å². The molecule has 0 atom stereocenters. The molecule has 1 aromatic carbocycles. The molecule has 3 nitrogen and oxygen atoms in total. The summed E-state index contributed by atoms with van der Waals surface area (Å²) in [6.07, 6.45) is 1.98. The van der Waals surface area contributed by atoms with Gasteiger partial charge >= 0.3 is 0 Å². The number of methoxy groups -OCH3 is 1. The number of hydrogen-bond donors (Lipinski definition) is 1. The van der Waals surface area contributed by atoms with Crippen molar-refractivity contribution < 1.29 is 14.3 Å². The van der Waals surface area contributed by atoms with E-state index < -0.39 is 9.04 Å². The molecule has 0 amide bonds. The van der Waals surface area contributed by atoms with Gasteiger partial charge in [0.2, 0.25) is 9.04 Å². The average Bonchev–Trinajstić information content (AvgIpc) is 2.34. The van der Waals surface area contributed by atoms with E-state index in [2.05, 4.69) is 6.92 Å². The molecule has 1 N–H and O–H groups in total. The SMILES string of the molecule is CCC[Si](OCCCOC)c1ccccc1O. The van der Waals surface area contributed by atoms with Crippen LogP contribution in [0.25, 0.3) is 0 Å². The number of ether oxygens (including phenoxy) is 1. The third-order valence-corrected chi connectivity index (χ3v) is 4.98. The first-order valence-corrected chi connectivity index (χ1v) is 7.67. The second-order valence-electron chi connectivity index (χ2n) is 3.89. The van der Waals surface area contributed by atoms with E-state index in [-0.39, 0.29) is 0 Å². The minimum Gasteiger partial charge on any atom is -0.508 e. The molecule has 0 saturated heterocycles. The van der Waals surface area contributed by atoms with Gasteiger partial charge in [-0.25, -0.2) is 0 Å². The maximum Gasteiger partial charge on any atom is 0.250 e. The summed E-state index contributed by atoms with van der Waals surface area (Å²) in [5, 5.41) is 10.8. The van der Waals surface area contributed by atoms with E-state index in [1.165, 1.54) is 0 Å². The van der Waals surface area contributed by atoms with Crippen LogP contribution in [-0.4, -0.2) is 34.5 Å². The fraction of sp³-hybridized carbons (Fsp3) is 0.538. The first kappa shape index (κ1) is 14.2. The lowest BCUT2D eigenvalue weighted by Gasteiger charge is -2.16. The molecule has 4 heteroatoms. The Balaban J connectivity index is 2.56. The molecule has 0 spiro atoms. The summed E-state index contributed by atoms with van der Waals surface area (Å²) in [5.41, 5.74) is 0. The van der Waals surface area contributed by atoms with Crippen LogP contribution in [0.4, 0.5) is 0 Å². The van der Waals surface area contributed by atoms with Crippen LogP contribution in [0.3, 0.4) is 0 Å². The van der Waals surface area contributed by atoms with Crippen molar-refractivity contribution >= 4 is 14.2 Å². The van der Waals surface area contributed by atoms with Gasteiger partial charge in [0.1, 0.15) is 5.75 Å². The van der Waals surface area contributed by atoms with Crippen LogP contribution in [0, 0.1) is 0 Å². The predicted octanol–water partition coefficient (Wildman–Crippen LogP) is 2.05. The Morgan fingerprint density at radius 2 is 2.00 bits per heavy atom. The highest BCUT2D eigenvalue weighted by atomic mass is 28.3. The van der Waals surface area contributed by atoms with Crippen molar-refractivity contribution in [2.75, 3.05) is 20.3 Å². The van der Waals surface area contributed by atoms with E-state index in [1.54, 1.807) is 13.2 Å². The van der Waals surface area contributed by atoms with Crippen LogP contribution in [0.15, 0.2) is 24.3 Å². The largest absolute Gasteiger partial charge is 0.508 e. The van der Waals surface area contributed by atoms with E-state index in [1.807, 2.05) is 18.2 Å². The Morgan fingerprint density at radius 3 is 2.65 bits per heavy atom. The number of hydrogen-bond acceptors (Lipinski definition) is 3. The highest BCUT2D eigenvalue weighted by Crippen LogP contribution is 2.10. The van der Waals surface area contributed by atoms with E-state index in [9.17, 15) is 5.11 Å². The second kappa shape index (κ2) is 8.28. The maximum atomic E-state index is 9.83. The van der Waals surface area contributed by atoms with Gasteiger partial charge in [-0.2, -0.15) is 0 Å². The molecule has 0 aliphatic heterocycles. The summed E-state index contributed by atoms with van der Waals surface area (Å²) in [4.78, 5) is 0. The normalized spacial score (nSPS) is 11.0. The zero-order valence-electron chi connectivity index (χ0n) is 10.6.